The van der Waals surface area contributed by atoms with Gasteiger partial charge in [-0.3, -0.25) is 0 Å². The number of nitrogens with zero attached hydrogens (tertiary/aromatic N) is 5. The average Bonchev–Trinajstić information content (AvgIpc) is 2.56. The molecule has 1 saturated heterocycles. The van der Waals surface area contributed by atoms with Crippen LogP contribution in [0.5, 0.6) is 0 Å². The maximum Gasteiger partial charge on any atom is 0.129 e. The molecule has 6 nitrogen and oxygen atoms in total. The number of rotatable bonds is 4. The summed E-state index contributed by atoms with van der Waals surface area (Å²) in [5, 5.41) is 3.20. The van der Waals surface area contributed by atoms with Crippen molar-refractivity contribution in [2.24, 2.45) is 0 Å². The molecule has 1 aliphatic heterocycles. The fourth-order valence-electron chi connectivity index (χ4n) is 2.55. The summed E-state index contributed by atoms with van der Waals surface area (Å²) >= 11 is 0. The maximum atomic E-state index is 4.61. The highest BCUT2D eigenvalue weighted by molar-refractivity contribution is 5.62. The Morgan fingerprint density at radius 1 is 1.09 bits per heavy atom. The second-order valence-corrected chi connectivity index (χ2v) is 5.51. The number of hydrogen-bond acceptors (Lipinski definition) is 6. The van der Waals surface area contributed by atoms with E-state index in [1.54, 1.807) is 6.33 Å². The Labute approximate surface area is 131 Å². The van der Waals surface area contributed by atoms with Gasteiger partial charge in [-0.2, -0.15) is 0 Å². The van der Waals surface area contributed by atoms with Crippen molar-refractivity contribution in [2.45, 2.75) is 6.92 Å². The Kier molecular flexibility index (Phi) is 4.48. The zero-order chi connectivity index (χ0) is 15.4. The summed E-state index contributed by atoms with van der Waals surface area (Å²) in [5.41, 5.74) is 1.91. The predicted octanol–water partition coefficient (Wildman–Crippen LogP) is 1.72. The first-order chi connectivity index (χ1) is 10.8. The molecule has 1 aliphatic rings. The van der Waals surface area contributed by atoms with Crippen LogP contribution in [0.1, 0.15) is 6.92 Å². The first kappa shape index (κ1) is 14.7. The lowest BCUT2D eigenvalue weighted by molar-refractivity contribution is 0.312. The van der Waals surface area contributed by atoms with E-state index >= 15 is 0 Å². The predicted molar refractivity (Wildman–Crippen MR) is 89.1 cm³/mol. The van der Waals surface area contributed by atoms with Gasteiger partial charge in [0, 0.05) is 50.6 Å². The normalized spacial score (nSPS) is 15.8. The van der Waals surface area contributed by atoms with Crippen LogP contribution in [-0.2, 0) is 0 Å². The second kappa shape index (κ2) is 6.70. The summed E-state index contributed by atoms with van der Waals surface area (Å²) in [5.74, 6) is 1.88. The first-order valence-electron chi connectivity index (χ1n) is 7.72. The Bertz CT molecular complexity index is 604. The monoisotopic (exact) mass is 298 g/mol. The molecule has 116 valence electrons. The molecule has 0 aromatic carbocycles. The zero-order valence-corrected chi connectivity index (χ0v) is 13.2. The second-order valence-electron chi connectivity index (χ2n) is 5.51. The van der Waals surface area contributed by atoms with Crippen molar-refractivity contribution < 1.29 is 0 Å². The van der Waals surface area contributed by atoms with Crippen molar-refractivity contribution in [1.82, 2.24) is 19.9 Å². The summed E-state index contributed by atoms with van der Waals surface area (Å²) in [6, 6.07) is 6.12. The van der Waals surface area contributed by atoms with E-state index in [0.717, 1.165) is 55.6 Å². The van der Waals surface area contributed by atoms with Crippen LogP contribution in [0.3, 0.4) is 0 Å². The summed E-state index contributed by atoms with van der Waals surface area (Å²) in [6.45, 7) is 7.12. The molecule has 2 aromatic rings. The molecular formula is C16H22N6. The van der Waals surface area contributed by atoms with E-state index in [1.165, 1.54) is 0 Å². The van der Waals surface area contributed by atoms with Gasteiger partial charge in [0.25, 0.3) is 0 Å². The average molecular weight is 298 g/mol. The van der Waals surface area contributed by atoms with E-state index in [9.17, 15) is 0 Å². The van der Waals surface area contributed by atoms with Gasteiger partial charge in [-0.25, -0.2) is 15.0 Å². The lowest BCUT2D eigenvalue weighted by atomic mass is 10.2. The van der Waals surface area contributed by atoms with Crippen molar-refractivity contribution in [1.29, 1.82) is 0 Å². The molecule has 0 bridgehead atoms. The van der Waals surface area contributed by atoms with Crippen molar-refractivity contribution in [2.75, 3.05) is 50.0 Å². The highest BCUT2D eigenvalue weighted by Gasteiger charge is 2.15. The van der Waals surface area contributed by atoms with Crippen LogP contribution in [0.2, 0.25) is 0 Å². The Hall–Kier alpha value is -2.21. The molecule has 0 unspecified atom stereocenters. The molecule has 0 saturated carbocycles. The lowest BCUT2D eigenvalue weighted by Crippen LogP contribution is -2.44. The van der Waals surface area contributed by atoms with Crippen LogP contribution in [0.25, 0.3) is 11.3 Å². The van der Waals surface area contributed by atoms with Gasteiger partial charge in [-0.05, 0) is 26.1 Å². The molecule has 0 aliphatic carbocycles. The van der Waals surface area contributed by atoms with Crippen LogP contribution in [0.4, 0.5) is 11.6 Å². The fourth-order valence-corrected chi connectivity index (χ4v) is 2.55. The molecule has 0 radical (unpaired) electrons. The number of pyridine rings is 1. The van der Waals surface area contributed by atoms with Gasteiger partial charge in [0.05, 0.1) is 5.69 Å². The van der Waals surface area contributed by atoms with E-state index in [1.807, 2.05) is 19.2 Å². The number of likely N-dealkylation sites (N-methyl/N-ethyl adjacent to an activating group) is 1. The highest BCUT2D eigenvalue weighted by Crippen LogP contribution is 2.21. The number of aromatic nitrogens is 3. The minimum absolute atomic E-state index is 0.843. The SMILES string of the molecule is CCNc1cc(-c2ccc(N3CCN(C)CC3)nc2)ncn1. The van der Waals surface area contributed by atoms with Crippen molar-refractivity contribution in [3.8, 4) is 11.3 Å². The summed E-state index contributed by atoms with van der Waals surface area (Å²) in [4.78, 5) is 17.8. The minimum atomic E-state index is 0.843. The van der Waals surface area contributed by atoms with E-state index < -0.39 is 0 Å². The highest BCUT2D eigenvalue weighted by atomic mass is 15.3. The van der Waals surface area contributed by atoms with Gasteiger partial charge >= 0.3 is 0 Å². The van der Waals surface area contributed by atoms with Crippen LogP contribution in [-0.4, -0.2) is 59.6 Å². The van der Waals surface area contributed by atoms with Crippen molar-refractivity contribution >= 4 is 11.6 Å². The van der Waals surface area contributed by atoms with Crippen molar-refractivity contribution in [3.05, 3.63) is 30.7 Å². The molecule has 3 heterocycles. The molecule has 22 heavy (non-hydrogen) atoms. The third-order valence-corrected chi connectivity index (χ3v) is 3.90. The summed E-state index contributed by atoms with van der Waals surface area (Å²) < 4.78 is 0. The van der Waals surface area contributed by atoms with Crippen molar-refractivity contribution in [3.63, 3.8) is 0 Å². The molecule has 2 aromatic heterocycles. The molecule has 1 fully saturated rings. The topological polar surface area (TPSA) is 57.2 Å². The number of nitrogens with one attached hydrogen (secondary N) is 1. The Balaban J connectivity index is 1.75. The van der Waals surface area contributed by atoms with E-state index in [4.69, 9.17) is 0 Å². The van der Waals surface area contributed by atoms with Crippen LogP contribution in [0.15, 0.2) is 30.7 Å². The van der Waals surface area contributed by atoms with Gasteiger partial charge in [0.2, 0.25) is 0 Å². The van der Waals surface area contributed by atoms with E-state index in [2.05, 4.69) is 49.2 Å². The molecule has 3 rings (SSSR count). The van der Waals surface area contributed by atoms with Crippen LogP contribution in [0, 0.1) is 0 Å². The van der Waals surface area contributed by atoms with Crippen LogP contribution < -0.4 is 10.2 Å². The minimum Gasteiger partial charge on any atom is -0.370 e. The number of anilines is 2. The number of piperazine rings is 1. The van der Waals surface area contributed by atoms with Gasteiger partial charge in [-0.1, -0.05) is 0 Å². The Morgan fingerprint density at radius 2 is 1.91 bits per heavy atom. The molecule has 6 heteroatoms. The smallest absolute Gasteiger partial charge is 0.129 e. The van der Waals surface area contributed by atoms with Gasteiger partial charge in [0.1, 0.15) is 18.0 Å². The first-order valence-corrected chi connectivity index (χ1v) is 7.72. The van der Waals surface area contributed by atoms with E-state index in [0.29, 0.717) is 0 Å². The Morgan fingerprint density at radius 3 is 2.59 bits per heavy atom. The molecule has 0 atom stereocenters. The van der Waals surface area contributed by atoms with E-state index in [-0.39, 0.29) is 0 Å². The van der Waals surface area contributed by atoms with Gasteiger partial charge in [0.15, 0.2) is 0 Å². The molecule has 0 amide bonds. The molecule has 0 spiro atoms. The molecular weight excluding hydrogens is 276 g/mol. The van der Waals surface area contributed by atoms with Crippen LogP contribution >= 0.6 is 0 Å². The standard InChI is InChI=1S/C16H22N6/c1-3-17-15-10-14(19-12-20-15)13-4-5-16(18-11-13)22-8-6-21(2)7-9-22/h4-5,10-12H,3,6-9H2,1-2H3,(H,17,19,20). The summed E-state index contributed by atoms with van der Waals surface area (Å²) in [6.07, 6.45) is 3.48. The lowest BCUT2D eigenvalue weighted by Gasteiger charge is -2.33. The fraction of sp³-hybridized carbons (Fsp3) is 0.438. The largest absolute Gasteiger partial charge is 0.370 e. The van der Waals surface area contributed by atoms with Gasteiger partial charge in [-0.15, -0.1) is 0 Å². The third-order valence-electron chi connectivity index (χ3n) is 3.90. The number of hydrogen-bond donors (Lipinski definition) is 1. The van der Waals surface area contributed by atoms with Gasteiger partial charge < -0.3 is 15.1 Å². The molecule has 1 N–H and O–H groups in total. The quantitative estimate of drug-likeness (QED) is 0.927. The third kappa shape index (κ3) is 3.33. The maximum absolute atomic E-state index is 4.61. The summed E-state index contributed by atoms with van der Waals surface area (Å²) in [7, 11) is 2.16. The zero-order valence-electron chi connectivity index (χ0n) is 13.2.